The van der Waals surface area contributed by atoms with Gasteiger partial charge in [0.1, 0.15) is 16.9 Å². The maximum absolute atomic E-state index is 13.0. The number of halogens is 1. The molecule has 0 fully saturated rings. The van der Waals surface area contributed by atoms with Gasteiger partial charge in [0.05, 0.1) is 11.6 Å². The van der Waals surface area contributed by atoms with Crippen LogP contribution in [0.15, 0.2) is 42.5 Å². The van der Waals surface area contributed by atoms with Crippen molar-refractivity contribution in [2.75, 3.05) is 0 Å². The normalized spacial score (nSPS) is 13.2. The third kappa shape index (κ3) is 3.69. The van der Waals surface area contributed by atoms with Gasteiger partial charge in [0.15, 0.2) is 6.10 Å². The monoisotopic (exact) mass is 356 g/mol. The number of benzene rings is 2. The number of nitrogens with zero attached hydrogens (tertiary/aromatic N) is 2. The molecule has 0 saturated heterocycles. The molecule has 0 bridgehead atoms. The average molecular weight is 356 g/mol. The van der Waals surface area contributed by atoms with Crippen LogP contribution in [0.5, 0.6) is 0 Å². The number of para-hydroxylation sites is 1. The predicted octanol–water partition coefficient (Wildman–Crippen LogP) is 2.52. The number of carbonyl (C=O) groups is 2. The summed E-state index contributed by atoms with van der Waals surface area (Å²) in [5, 5.41) is 13.0. The molecule has 0 aliphatic heterocycles. The molecule has 3 aromatic rings. The molecule has 26 heavy (non-hydrogen) atoms. The maximum Gasteiger partial charge on any atom is 0.341 e. The van der Waals surface area contributed by atoms with Gasteiger partial charge < -0.3 is 10.1 Å². The van der Waals surface area contributed by atoms with Crippen LogP contribution in [0.1, 0.15) is 35.8 Å². The fraction of sp³-hybridized carbons (Fsp3) is 0.222. The third-order valence-corrected chi connectivity index (χ3v) is 3.95. The van der Waals surface area contributed by atoms with Gasteiger partial charge >= 0.3 is 5.97 Å². The van der Waals surface area contributed by atoms with Gasteiger partial charge in [-0.2, -0.15) is 15.4 Å². The molecule has 1 amide bonds. The van der Waals surface area contributed by atoms with Crippen molar-refractivity contribution in [2.45, 2.75) is 26.0 Å². The van der Waals surface area contributed by atoms with Crippen LogP contribution in [-0.2, 0) is 9.53 Å². The second-order valence-electron chi connectivity index (χ2n) is 5.83. The van der Waals surface area contributed by atoms with Crippen molar-refractivity contribution in [1.82, 2.24) is 20.7 Å². The Balaban J connectivity index is 1.64. The zero-order valence-electron chi connectivity index (χ0n) is 14.2. The Morgan fingerprint density at radius 2 is 1.85 bits per heavy atom. The molecule has 0 aliphatic carbocycles. The Morgan fingerprint density at radius 3 is 2.58 bits per heavy atom. The summed E-state index contributed by atoms with van der Waals surface area (Å²) in [5.41, 5.74) is 1.87. The van der Waals surface area contributed by atoms with Gasteiger partial charge in [-0.15, -0.1) is 0 Å². The molecular weight excluding hydrogens is 339 g/mol. The van der Waals surface area contributed by atoms with Gasteiger partial charge in [0.2, 0.25) is 0 Å². The van der Waals surface area contributed by atoms with Gasteiger partial charge in [0.25, 0.3) is 5.91 Å². The van der Waals surface area contributed by atoms with Crippen LogP contribution in [0.2, 0.25) is 0 Å². The first-order chi connectivity index (χ1) is 12.5. The summed E-state index contributed by atoms with van der Waals surface area (Å²) in [7, 11) is 0. The first kappa shape index (κ1) is 17.5. The summed E-state index contributed by atoms with van der Waals surface area (Å²) < 4.78 is 18.2. The number of rotatable bonds is 5. The highest BCUT2D eigenvalue weighted by molar-refractivity contribution is 6.02. The van der Waals surface area contributed by atoms with Crippen molar-refractivity contribution in [2.24, 2.45) is 0 Å². The summed E-state index contributed by atoms with van der Waals surface area (Å²) in [6.45, 7) is 3.24. The largest absolute Gasteiger partial charge is 0.449 e. The number of ether oxygens (including phenoxy) is 1. The SMILES string of the molecule is C[C@H](OC(=O)c1cccc2n[nH]nc12)C(=O)N[C@H](C)c1ccc(F)cc1. The van der Waals surface area contributed by atoms with Crippen LogP contribution in [0.3, 0.4) is 0 Å². The summed E-state index contributed by atoms with van der Waals surface area (Å²) in [6.07, 6.45) is -1.01. The zero-order chi connectivity index (χ0) is 18.7. The Labute approximate surface area is 148 Å². The van der Waals surface area contributed by atoms with Crippen molar-refractivity contribution in [3.05, 3.63) is 59.4 Å². The molecule has 0 saturated carbocycles. The van der Waals surface area contributed by atoms with E-state index in [1.54, 1.807) is 37.3 Å². The number of hydrogen-bond acceptors (Lipinski definition) is 5. The van der Waals surface area contributed by atoms with E-state index < -0.39 is 18.0 Å². The highest BCUT2D eigenvalue weighted by Gasteiger charge is 2.22. The molecule has 1 aromatic heterocycles. The van der Waals surface area contributed by atoms with Crippen molar-refractivity contribution in [3.63, 3.8) is 0 Å². The van der Waals surface area contributed by atoms with Gasteiger partial charge in [-0.25, -0.2) is 9.18 Å². The van der Waals surface area contributed by atoms with Crippen LogP contribution < -0.4 is 5.32 Å². The number of amides is 1. The number of aromatic amines is 1. The number of nitrogens with one attached hydrogen (secondary N) is 2. The summed E-state index contributed by atoms with van der Waals surface area (Å²) in [4.78, 5) is 24.6. The second kappa shape index (κ2) is 7.30. The lowest BCUT2D eigenvalue weighted by Crippen LogP contribution is -2.37. The van der Waals surface area contributed by atoms with E-state index in [2.05, 4.69) is 20.7 Å². The smallest absolute Gasteiger partial charge is 0.341 e. The fourth-order valence-corrected chi connectivity index (χ4v) is 2.48. The third-order valence-electron chi connectivity index (χ3n) is 3.95. The number of carbonyl (C=O) groups excluding carboxylic acids is 2. The summed E-state index contributed by atoms with van der Waals surface area (Å²) >= 11 is 0. The maximum atomic E-state index is 13.0. The number of esters is 1. The molecule has 134 valence electrons. The molecule has 2 N–H and O–H groups in total. The van der Waals surface area contributed by atoms with Crippen molar-refractivity contribution in [1.29, 1.82) is 0 Å². The summed E-state index contributed by atoms with van der Waals surface area (Å²) in [5.74, 6) is -1.47. The highest BCUT2D eigenvalue weighted by Crippen LogP contribution is 2.16. The van der Waals surface area contributed by atoms with E-state index in [0.29, 0.717) is 11.0 Å². The van der Waals surface area contributed by atoms with E-state index in [9.17, 15) is 14.0 Å². The van der Waals surface area contributed by atoms with Crippen LogP contribution in [-0.4, -0.2) is 33.4 Å². The van der Waals surface area contributed by atoms with E-state index in [1.807, 2.05) is 0 Å². The molecule has 7 nitrogen and oxygen atoms in total. The number of aromatic nitrogens is 3. The van der Waals surface area contributed by atoms with E-state index in [1.165, 1.54) is 19.1 Å². The van der Waals surface area contributed by atoms with Gasteiger partial charge in [-0.05, 0) is 43.7 Å². The Hall–Kier alpha value is -3.29. The standard InChI is InChI=1S/C18H17FN4O3/c1-10(12-6-8-13(19)9-7-12)20-17(24)11(2)26-18(25)14-4-3-5-15-16(14)22-23-21-15/h3-11H,1-2H3,(H,20,24)(H,21,22,23)/t10-,11+/m1/s1. The molecule has 0 unspecified atom stereocenters. The minimum Gasteiger partial charge on any atom is -0.449 e. The van der Waals surface area contributed by atoms with E-state index in [4.69, 9.17) is 4.74 Å². The van der Waals surface area contributed by atoms with Crippen molar-refractivity contribution < 1.29 is 18.7 Å². The minimum absolute atomic E-state index is 0.225. The Kier molecular flexibility index (Phi) is 4.92. The second-order valence-corrected chi connectivity index (χ2v) is 5.83. The number of fused-ring (bicyclic) bond motifs is 1. The first-order valence-electron chi connectivity index (χ1n) is 8.02. The summed E-state index contributed by atoms with van der Waals surface area (Å²) in [6, 6.07) is 10.4. The van der Waals surface area contributed by atoms with Gasteiger partial charge in [0, 0.05) is 0 Å². The fourth-order valence-electron chi connectivity index (χ4n) is 2.48. The van der Waals surface area contributed by atoms with Gasteiger partial charge in [-0.1, -0.05) is 18.2 Å². The molecule has 3 rings (SSSR count). The van der Waals surface area contributed by atoms with Crippen LogP contribution in [0, 0.1) is 5.82 Å². The van der Waals surface area contributed by atoms with Crippen molar-refractivity contribution in [3.8, 4) is 0 Å². The molecule has 0 aliphatic rings. The molecule has 2 aromatic carbocycles. The molecule has 1 heterocycles. The quantitative estimate of drug-likeness (QED) is 0.685. The average Bonchev–Trinajstić information content (AvgIpc) is 3.10. The van der Waals surface area contributed by atoms with E-state index >= 15 is 0 Å². The predicted molar refractivity (Wildman–Crippen MR) is 91.7 cm³/mol. The topological polar surface area (TPSA) is 97.0 Å². The number of H-pyrrole nitrogens is 1. The first-order valence-corrected chi connectivity index (χ1v) is 8.02. The van der Waals surface area contributed by atoms with Crippen molar-refractivity contribution >= 4 is 22.9 Å². The lowest BCUT2D eigenvalue weighted by molar-refractivity contribution is -0.129. The number of hydrogen-bond donors (Lipinski definition) is 2. The van der Waals surface area contributed by atoms with Crippen LogP contribution in [0.25, 0.3) is 11.0 Å². The molecule has 0 radical (unpaired) electrons. The molecular formula is C18H17FN4O3. The van der Waals surface area contributed by atoms with E-state index in [0.717, 1.165) is 5.56 Å². The zero-order valence-corrected chi connectivity index (χ0v) is 14.2. The lowest BCUT2D eigenvalue weighted by Gasteiger charge is -2.18. The molecule has 8 heteroatoms. The minimum atomic E-state index is -1.01. The van der Waals surface area contributed by atoms with E-state index in [-0.39, 0.29) is 17.4 Å². The van der Waals surface area contributed by atoms with Gasteiger partial charge in [-0.3, -0.25) is 4.79 Å². The van der Waals surface area contributed by atoms with Crippen LogP contribution in [0.4, 0.5) is 4.39 Å². The lowest BCUT2D eigenvalue weighted by atomic mass is 10.1. The highest BCUT2D eigenvalue weighted by atomic mass is 19.1. The Bertz CT molecular complexity index is 939. The molecule has 0 spiro atoms. The molecule has 2 atom stereocenters. The van der Waals surface area contributed by atoms with Crippen LogP contribution >= 0.6 is 0 Å². The Morgan fingerprint density at radius 1 is 1.12 bits per heavy atom.